The van der Waals surface area contributed by atoms with Crippen molar-refractivity contribution in [3.8, 4) is 0 Å². The second kappa shape index (κ2) is 7.36. The summed E-state index contributed by atoms with van der Waals surface area (Å²) in [5, 5.41) is 3.39. The Hall–Kier alpha value is -0.680. The van der Waals surface area contributed by atoms with Crippen molar-refractivity contribution in [3.63, 3.8) is 0 Å². The van der Waals surface area contributed by atoms with Crippen molar-refractivity contribution in [3.05, 3.63) is 29.8 Å². The molecule has 1 rings (SSSR count). The molecule has 0 bridgehead atoms. The van der Waals surface area contributed by atoms with Crippen LogP contribution in [-0.4, -0.2) is 17.5 Å². The molecule has 114 valence electrons. The number of benzene rings is 1. The number of alkyl halides is 3. The molecule has 0 aromatic heterocycles. The zero-order chi connectivity index (χ0) is 15.2. The lowest BCUT2D eigenvalue weighted by molar-refractivity contribution is -0.134. The van der Waals surface area contributed by atoms with Crippen molar-refractivity contribution in [2.24, 2.45) is 0 Å². The Kier molecular flexibility index (Phi) is 6.40. The third-order valence-corrected chi connectivity index (χ3v) is 3.67. The summed E-state index contributed by atoms with van der Waals surface area (Å²) in [4.78, 5) is 1.03. The van der Waals surface area contributed by atoms with Crippen LogP contribution in [0.3, 0.4) is 0 Å². The van der Waals surface area contributed by atoms with Crippen LogP contribution in [0.5, 0.6) is 0 Å². The molecule has 0 saturated heterocycles. The molecule has 0 fully saturated rings. The summed E-state index contributed by atoms with van der Waals surface area (Å²) in [7, 11) is 0. The van der Waals surface area contributed by atoms with Gasteiger partial charge in [-0.1, -0.05) is 12.1 Å². The van der Waals surface area contributed by atoms with Crippen molar-refractivity contribution in [2.75, 3.05) is 5.75 Å². The number of hydrogen-bond acceptors (Lipinski definition) is 2. The van der Waals surface area contributed by atoms with Gasteiger partial charge in [-0.15, -0.1) is 11.8 Å². The fraction of sp³-hybridized carbons (Fsp3) is 0.600. The van der Waals surface area contributed by atoms with Gasteiger partial charge in [0.15, 0.2) is 0 Å². The van der Waals surface area contributed by atoms with Gasteiger partial charge in [0.1, 0.15) is 0 Å². The highest BCUT2D eigenvalue weighted by molar-refractivity contribution is 7.99. The molecule has 20 heavy (non-hydrogen) atoms. The third-order valence-electron chi connectivity index (χ3n) is 2.59. The van der Waals surface area contributed by atoms with Gasteiger partial charge in [-0.3, -0.25) is 0 Å². The van der Waals surface area contributed by atoms with E-state index in [2.05, 4.69) is 26.1 Å². The standard InChI is InChI=1S/C15H22F3NS/c1-14(2,3)19-11-12-6-4-7-13(10-12)20-9-5-8-15(16,17)18/h4,6-7,10,19H,5,8-9,11H2,1-3H3. The molecule has 0 aliphatic rings. The molecule has 0 heterocycles. The van der Waals surface area contributed by atoms with Gasteiger partial charge in [0.25, 0.3) is 0 Å². The van der Waals surface area contributed by atoms with E-state index in [0.717, 1.165) is 17.0 Å². The van der Waals surface area contributed by atoms with Crippen LogP contribution in [0.2, 0.25) is 0 Å². The van der Waals surface area contributed by atoms with Gasteiger partial charge in [0, 0.05) is 23.4 Å². The van der Waals surface area contributed by atoms with E-state index in [1.807, 2.05) is 24.3 Å². The summed E-state index contributed by atoms with van der Waals surface area (Å²) < 4.78 is 36.1. The van der Waals surface area contributed by atoms with Crippen molar-refractivity contribution >= 4 is 11.8 Å². The maximum Gasteiger partial charge on any atom is 0.389 e. The quantitative estimate of drug-likeness (QED) is 0.586. The van der Waals surface area contributed by atoms with Gasteiger partial charge >= 0.3 is 6.18 Å². The first-order chi connectivity index (χ1) is 9.16. The normalized spacial score (nSPS) is 12.7. The number of halogens is 3. The monoisotopic (exact) mass is 305 g/mol. The molecule has 0 aliphatic carbocycles. The highest BCUT2D eigenvalue weighted by Gasteiger charge is 2.25. The molecular weight excluding hydrogens is 283 g/mol. The van der Waals surface area contributed by atoms with Crippen molar-refractivity contribution in [1.29, 1.82) is 0 Å². The van der Waals surface area contributed by atoms with Crippen LogP contribution in [0.1, 0.15) is 39.2 Å². The molecule has 0 unspecified atom stereocenters. The molecule has 0 atom stereocenters. The van der Waals surface area contributed by atoms with Crippen LogP contribution in [-0.2, 0) is 6.54 Å². The SMILES string of the molecule is CC(C)(C)NCc1cccc(SCCCC(F)(F)F)c1. The first kappa shape index (κ1) is 17.4. The van der Waals surface area contributed by atoms with Gasteiger partial charge in [0.05, 0.1) is 0 Å². The van der Waals surface area contributed by atoms with Crippen molar-refractivity contribution < 1.29 is 13.2 Å². The molecule has 0 saturated carbocycles. The molecule has 1 aromatic carbocycles. The number of rotatable bonds is 6. The molecule has 0 amide bonds. The second-order valence-electron chi connectivity index (χ2n) is 5.82. The van der Waals surface area contributed by atoms with Gasteiger partial charge in [-0.25, -0.2) is 0 Å². The maximum atomic E-state index is 12.0. The van der Waals surface area contributed by atoms with E-state index in [-0.39, 0.29) is 12.0 Å². The van der Waals surface area contributed by atoms with E-state index in [4.69, 9.17) is 0 Å². The molecule has 0 aliphatic heterocycles. The topological polar surface area (TPSA) is 12.0 Å². The van der Waals surface area contributed by atoms with Crippen LogP contribution >= 0.6 is 11.8 Å². The lowest BCUT2D eigenvalue weighted by Gasteiger charge is -2.20. The Labute approximate surface area is 123 Å². The number of nitrogens with one attached hydrogen (secondary N) is 1. The highest BCUT2D eigenvalue weighted by atomic mass is 32.2. The number of hydrogen-bond donors (Lipinski definition) is 1. The minimum Gasteiger partial charge on any atom is -0.308 e. The van der Waals surface area contributed by atoms with Crippen LogP contribution < -0.4 is 5.32 Å². The molecule has 0 radical (unpaired) electrons. The van der Waals surface area contributed by atoms with Crippen molar-refractivity contribution in [2.45, 2.75) is 56.8 Å². The molecule has 1 nitrogen and oxygen atoms in total. The van der Waals surface area contributed by atoms with Gasteiger partial charge in [-0.05, 0) is 50.6 Å². The van der Waals surface area contributed by atoms with Crippen LogP contribution in [0.4, 0.5) is 13.2 Å². The maximum absolute atomic E-state index is 12.0. The third kappa shape index (κ3) is 8.48. The van der Waals surface area contributed by atoms with E-state index in [0.29, 0.717) is 5.75 Å². The Balaban J connectivity index is 2.40. The first-order valence-corrected chi connectivity index (χ1v) is 7.68. The lowest BCUT2D eigenvalue weighted by atomic mass is 10.1. The molecule has 0 spiro atoms. The van der Waals surface area contributed by atoms with Crippen LogP contribution in [0.25, 0.3) is 0 Å². The van der Waals surface area contributed by atoms with E-state index in [1.165, 1.54) is 11.8 Å². The second-order valence-corrected chi connectivity index (χ2v) is 6.99. The van der Waals surface area contributed by atoms with E-state index >= 15 is 0 Å². The summed E-state index contributed by atoms with van der Waals surface area (Å²) in [6.45, 7) is 7.06. The van der Waals surface area contributed by atoms with Gasteiger partial charge in [0.2, 0.25) is 0 Å². The van der Waals surface area contributed by atoms with Crippen molar-refractivity contribution in [1.82, 2.24) is 5.32 Å². The summed E-state index contributed by atoms with van der Waals surface area (Å²) in [5.74, 6) is 0.496. The first-order valence-electron chi connectivity index (χ1n) is 6.69. The van der Waals surface area contributed by atoms with E-state index in [9.17, 15) is 13.2 Å². The Bertz CT molecular complexity index is 410. The van der Waals surface area contributed by atoms with E-state index < -0.39 is 12.6 Å². The highest BCUT2D eigenvalue weighted by Crippen LogP contribution is 2.25. The summed E-state index contributed by atoms with van der Waals surface area (Å²) in [5.41, 5.74) is 1.20. The molecule has 5 heteroatoms. The minimum atomic E-state index is -4.04. The zero-order valence-electron chi connectivity index (χ0n) is 12.2. The summed E-state index contributed by atoms with van der Waals surface area (Å²) in [6.07, 6.45) is -4.58. The van der Waals surface area contributed by atoms with Crippen LogP contribution in [0.15, 0.2) is 29.2 Å². The molecule has 1 aromatic rings. The predicted octanol–water partition coefficient (Wildman–Crippen LogP) is 5.01. The Morgan fingerprint density at radius 2 is 1.85 bits per heavy atom. The number of thioether (sulfide) groups is 1. The smallest absolute Gasteiger partial charge is 0.308 e. The zero-order valence-corrected chi connectivity index (χ0v) is 13.0. The average molecular weight is 305 g/mol. The Morgan fingerprint density at radius 1 is 1.15 bits per heavy atom. The fourth-order valence-corrected chi connectivity index (χ4v) is 2.51. The lowest BCUT2D eigenvalue weighted by Crippen LogP contribution is -2.35. The summed E-state index contributed by atoms with van der Waals surface area (Å²) in [6, 6.07) is 7.96. The largest absolute Gasteiger partial charge is 0.389 e. The summed E-state index contributed by atoms with van der Waals surface area (Å²) >= 11 is 1.48. The Morgan fingerprint density at radius 3 is 2.45 bits per heavy atom. The molecular formula is C15H22F3NS. The fourth-order valence-electron chi connectivity index (χ4n) is 1.58. The average Bonchev–Trinajstić information content (AvgIpc) is 2.31. The van der Waals surface area contributed by atoms with Gasteiger partial charge < -0.3 is 5.32 Å². The van der Waals surface area contributed by atoms with E-state index in [1.54, 1.807) is 0 Å². The minimum absolute atomic E-state index is 0.0514. The van der Waals surface area contributed by atoms with Gasteiger partial charge in [-0.2, -0.15) is 13.2 Å². The van der Waals surface area contributed by atoms with Crippen LogP contribution in [0, 0.1) is 0 Å². The predicted molar refractivity (Wildman–Crippen MR) is 79.0 cm³/mol. The molecule has 1 N–H and O–H groups in total.